The molecule has 4 heteroatoms. The van der Waals surface area contributed by atoms with Crippen LogP contribution in [0.5, 0.6) is 5.75 Å². The van der Waals surface area contributed by atoms with Crippen molar-refractivity contribution in [1.82, 2.24) is 5.32 Å². The molecule has 0 amide bonds. The van der Waals surface area contributed by atoms with E-state index in [1.54, 1.807) is 0 Å². The van der Waals surface area contributed by atoms with Crippen LogP contribution in [0.4, 0.5) is 0 Å². The molecular formula is C13H17NO3. The molecule has 0 fully saturated rings. The van der Waals surface area contributed by atoms with E-state index in [9.17, 15) is 0 Å². The van der Waals surface area contributed by atoms with Crippen LogP contribution in [0.25, 0.3) is 0 Å². The molecule has 3 N–H and O–H groups in total. The molecule has 4 nitrogen and oxygen atoms in total. The van der Waals surface area contributed by atoms with Crippen LogP contribution in [0.3, 0.4) is 0 Å². The first-order valence-electron chi connectivity index (χ1n) is 5.41. The molecule has 0 aliphatic rings. The van der Waals surface area contributed by atoms with Gasteiger partial charge in [-0.1, -0.05) is 24.1 Å². The van der Waals surface area contributed by atoms with Crippen molar-refractivity contribution in [3.05, 3.63) is 29.8 Å². The van der Waals surface area contributed by atoms with Crippen molar-refractivity contribution < 1.29 is 14.9 Å². The SMILES string of the molecule is C#CCOc1ccccc1CNC(CO)CO. The molecule has 0 bridgehead atoms. The molecule has 1 aromatic carbocycles. The van der Waals surface area contributed by atoms with Gasteiger partial charge in [0.1, 0.15) is 12.4 Å². The van der Waals surface area contributed by atoms with E-state index >= 15 is 0 Å². The van der Waals surface area contributed by atoms with E-state index in [4.69, 9.17) is 21.4 Å². The topological polar surface area (TPSA) is 61.7 Å². The summed E-state index contributed by atoms with van der Waals surface area (Å²) in [5.41, 5.74) is 0.939. The Kier molecular flexibility index (Phi) is 6.12. The summed E-state index contributed by atoms with van der Waals surface area (Å²) in [6, 6.07) is 7.18. The Hall–Kier alpha value is -1.54. The highest BCUT2D eigenvalue weighted by Crippen LogP contribution is 2.17. The fourth-order valence-corrected chi connectivity index (χ4v) is 1.35. The molecule has 0 aliphatic heterocycles. The third-order valence-electron chi connectivity index (χ3n) is 2.31. The molecule has 0 unspecified atom stereocenters. The second-order valence-electron chi connectivity index (χ2n) is 3.54. The van der Waals surface area contributed by atoms with E-state index in [0.29, 0.717) is 12.3 Å². The summed E-state index contributed by atoms with van der Waals surface area (Å²) in [5.74, 6) is 3.12. The maximum Gasteiger partial charge on any atom is 0.148 e. The third-order valence-corrected chi connectivity index (χ3v) is 2.31. The smallest absolute Gasteiger partial charge is 0.148 e. The van der Waals surface area contributed by atoms with Crippen LogP contribution < -0.4 is 10.1 Å². The van der Waals surface area contributed by atoms with Crippen molar-refractivity contribution in [3.63, 3.8) is 0 Å². The van der Waals surface area contributed by atoms with E-state index in [2.05, 4.69) is 11.2 Å². The van der Waals surface area contributed by atoms with Gasteiger partial charge in [0.25, 0.3) is 0 Å². The predicted octanol–water partition coefficient (Wildman–Crippen LogP) is 0.141. The Bertz CT molecular complexity index is 369. The number of nitrogens with one attached hydrogen (secondary N) is 1. The molecule has 1 aromatic rings. The van der Waals surface area contributed by atoms with Gasteiger partial charge in [0.05, 0.1) is 19.3 Å². The largest absolute Gasteiger partial charge is 0.481 e. The number of aliphatic hydroxyl groups excluding tert-OH is 2. The highest BCUT2D eigenvalue weighted by Gasteiger charge is 2.07. The Morgan fingerprint density at radius 1 is 1.29 bits per heavy atom. The number of hydrogen-bond acceptors (Lipinski definition) is 4. The summed E-state index contributed by atoms with van der Waals surface area (Å²) in [4.78, 5) is 0. The summed E-state index contributed by atoms with van der Waals surface area (Å²) < 4.78 is 5.38. The van der Waals surface area contributed by atoms with Crippen molar-refractivity contribution in [2.75, 3.05) is 19.8 Å². The van der Waals surface area contributed by atoms with Crippen LogP contribution in [-0.2, 0) is 6.54 Å². The Morgan fingerprint density at radius 2 is 2.00 bits per heavy atom. The highest BCUT2D eigenvalue weighted by atomic mass is 16.5. The quantitative estimate of drug-likeness (QED) is 0.588. The van der Waals surface area contributed by atoms with E-state index in [1.165, 1.54) is 0 Å². The molecule has 0 spiro atoms. The molecule has 0 atom stereocenters. The Labute approximate surface area is 101 Å². The van der Waals surface area contributed by atoms with Gasteiger partial charge < -0.3 is 20.3 Å². The number of aliphatic hydroxyl groups is 2. The maximum absolute atomic E-state index is 8.93. The second kappa shape index (κ2) is 7.69. The van der Waals surface area contributed by atoms with Gasteiger partial charge in [-0.05, 0) is 6.07 Å². The predicted molar refractivity (Wildman–Crippen MR) is 65.6 cm³/mol. The van der Waals surface area contributed by atoms with Gasteiger partial charge in [-0.15, -0.1) is 6.42 Å². The van der Waals surface area contributed by atoms with Crippen molar-refractivity contribution in [3.8, 4) is 18.1 Å². The Balaban J connectivity index is 2.60. The van der Waals surface area contributed by atoms with Gasteiger partial charge in [-0.2, -0.15) is 0 Å². The number of rotatable bonds is 7. The summed E-state index contributed by atoms with van der Waals surface area (Å²) >= 11 is 0. The molecule has 17 heavy (non-hydrogen) atoms. The summed E-state index contributed by atoms with van der Waals surface area (Å²) in [5, 5.41) is 20.9. The number of terminal acetylenes is 1. The van der Waals surface area contributed by atoms with E-state index in [-0.39, 0.29) is 25.9 Å². The number of benzene rings is 1. The van der Waals surface area contributed by atoms with E-state index < -0.39 is 0 Å². The molecule has 1 rings (SSSR count). The van der Waals surface area contributed by atoms with Crippen molar-refractivity contribution in [2.45, 2.75) is 12.6 Å². The monoisotopic (exact) mass is 235 g/mol. The van der Waals surface area contributed by atoms with Crippen molar-refractivity contribution in [1.29, 1.82) is 0 Å². The highest BCUT2D eigenvalue weighted by molar-refractivity contribution is 5.33. The van der Waals surface area contributed by atoms with E-state index in [1.807, 2.05) is 24.3 Å². The number of hydrogen-bond donors (Lipinski definition) is 3. The molecule has 0 saturated heterocycles. The maximum atomic E-state index is 8.93. The molecule has 0 radical (unpaired) electrons. The van der Waals surface area contributed by atoms with Crippen LogP contribution >= 0.6 is 0 Å². The zero-order valence-electron chi connectivity index (χ0n) is 9.60. The van der Waals surface area contributed by atoms with Crippen LogP contribution in [-0.4, -0.2) is 36.1 Å². The lowest BCUT2D eigenvalue weighted by molar-refractivity contribution is 0.170. The normalized spacial score (nSPS) is 10.2. The van der Waals surface area contributed by atoms with Gasteiger partial charge in [0.15, 0.2) is 0 Å². The third kappa shape index (κ3) is 4.45. The summed E-state index contributed by atoms with van der Waals surface area (Å²) in [6.07, 6.45) is 5.13. The minimum absolute atomic E-state index is 0.107. The van der Waals surface area contributed by atoms with Crippen LogP contribution in [0, 0.1) is 12.3 Å². The van der Waals surface area contributed by atoms with Crippen molar-refractivity contribution >= 4 is 0 Å². The van der Waals surface area contributed by atoms with Crippen LogP contribution in [0.15, 0.2) is 24.3 Å². The van der Waals surface area contributed by atoms with Crippen molar-refractivity contribution in [2.24, 2.45) is 0 Å². The summed E-state index contributed by atoms with van der Waals surface area (Å²) in [7, 11) is 0. The van der Waals surface area contributed by atoms with Gasteiger partial charge in [0.2, 0.25) is 0 Å². The number of para-hydroxylation sites is 1. The minimum atomic E-state index is -0.323. The minimum Gasteiger partial charge on any atom is -0.481 e. The average Bonchev–Trinajstić information content (AvgIpc) is 2.38. The molecule has 0 saturated carbocycles. The zero-order chi connectivity index (χ0) is 12.5. The standard InChI is InChI=1S/C13H17NO3/c1-2-7-17-13-6-4-3-5-11(13)8-14-12(9-15)10-16/h1,3-6,12,14-16H,7-10H2. The molecule has 0 heterocycles. The Morgan fingerprint density at radius 3 is 2.65 bits per heavy atom. The van der Waals surface area contributed by atoms with Gasteiger partial charge >= 0.3 is 0 Å². The van der Waals surface area contributed by atoms with Crippen LogP contribution in [0.1, 0.15) is 5.56 Å². The molecule has 0 aliphatic carbocycles. The van der Waals surface area contributed by atoms with Crippen LogP contribution in [0.2, 0.25) is 0 Å². The molecule has 92 valence electrons. The lowest BCUT2D eigenvalue weighted by atomic mass is 10.2. The second-order valence-corrected chi connectivity index (χ2v) is 3.54. The lowest BCUT2D eigenvalue weighted by Crippen LogP contribution is -2.35. The lowest BCUT2D eigenvalue weighted by Gasteiger charge is -2.15. The first-order valence-corrected chi connectivity index (χ1v) is 5.41. The van der Waals surface area contributed by atoms with Gasteiger partial charge in [-0.25, -0.2) is 0 Å². The molecule has 0 aromatic heterocycles. The van der Waals surface area contributed by atoms with E-state index in [0.717, 1.165) is 5.56 Å². The fraction of sp³-hybridized carbons (Fsp3) is 0.385. The molecular weight excluding hydrogens is 218 g/mol. The van der Waals surface area contributed by atoms with Gasteiger partial charge in [-0.3, -0.25) is 0 Å². The summed E-state index contributed by atoms with van der Waals surface area (Å²) in [6.45, 7) is 0.515. The first-order chi connectivity index (χ1) is 8.31. The average molecular weight is 235 g/mol. The van der Waals surface area contributed by atoms with Gasteiger partial charge in [0, 0.05) is 12.1 Å². The fourth-order valence-electron chi connectivity index (χ4n) is 1.35. The first kappa shape index (κ1) is 13.5. The number of ether oxygens (including phenoxy) is 1. The zero-order valence-corrected chi connectivity index (χ0v) is 9.60.